The van der Waals surface area contributed by atoms with Crippen LogP contribution in [-0.2, 0) is 14.3 Å². The number of cyclic esters (lactones) is 1. The minimum absolute atomic E-state index is 0.144. The van der Waals surface area contributed by atoms with Crippen molar-refractivity contribution in [1.29, 1.82) is 0 Å². The Balaban J connectivity index is 2.20. The summed E-state index contributed by atoms with van der Waals surface area (Å²) in [7, 11) is 0. The molecule has 4 heteroatoms. The number of esters is 1. The molecule has 84 valence electrons. The Morgan fingerprint density at radius 3 is 2.81 bits per heavy atom. The molecular weight excluding hydrogens is 228 g/mol. The zero-order valence-corrected chi connectivity index (χ0v) is 9.53. The van der Waals surface area contributed by atoms with Gasteiger partial charge in [-0.05, 0) is 24.6 Å². The van der Waals surface area contributed by atoms with Gasteiger partial charge in [-0.25, -0.2) is 0 Å². The second kappa shape index (κ2) is 4.26. The molecule has 1 aromatic rings. The van der Waals surface area contributed by atoms with E-state index in [1.807, 2.05) is 6.07 Å². The molecule has 0 spiro atoms. The van der Waals surface area contributed by atoms with Gasteiger partial charge in [0.1, 0.15) is 17.8 Å². The van der Waals surface area contributed by atoms with Gasteiger partial charge in [-0.2, -0.15) is 0 Å². The Hall–Kier alpha value is -1.35. The van der Waals surface area contributed by atoms with Crippen LogP contribution in [0.1, 0.15) is 25.0 Å². The van der Waals surface area contributed by atoms with Crippen LogP contribution in [0.3, 0.4) is 0 Å². The first-order valence-corrected chi connectivity index (χ1v) is 5.42. The molecule has 1 fully saturated rings. The maximum absolute atomic E-state index is 11.4. The minimum atomic E-state index is -0.621. The number of ketones is 1. The molecule has 0 aliphatic carbocycles. The molecule has 0 saturated carbocycles. The molecule has 2 atom stereocenters. The highest BCUT2D eigenvalue weighted by molar-refractivity contribution is 6.30. The van der Waals surface area contributed by atoms with E-state index in [1.54, 1.807) is 18.2 Å². The van der Waals surface area contributed by atoms with Gasteiger partial charge in [0.2, 0.25) is 0 Å². The molecule has 1 aromatic carbocycles. The number of Topliss-reactive ketones (excluding diaryl/α,β-unsaturated/α-hetero) is 1. The van der Waals surface area contributed by atoms with E-state index < -0.39 is 11.9 Å². The number of benzene rings is 1. The molecule has 0 radical (unpaired) electrons. The Bertz CT molecular complexity index is 442. The van der Waals surface area contributed by atoms with Crippen molar-refractivity contribution in [1.82, 2.24) is 0 Å². The standard InChI is InChI=1S/C12H11ClO3/c1-7(14)10-6-11(16-12(10)15)8-3-2-4-9(13)5-8/h2-5,10-11H,6H2,1H3/t10-,11+/m0/s1. The predicted molar refractivity (Wildman–Crippen MR) is 59.1 cm³/mol. The molecule has 16 heavy (non-hydrogen) atoms. The van der Waals surface area contributed by atoms with Gasteiger partial charge < -0.3 is 4.74 Å². The molecular formula is C12H11ClO3. The van der Waals surface area contributed by atoms with Crippen LogP contribution in [0.2, 0.25) is 5.02 Å². The van der Waals surface area contributed by atoms with E-state index in [9.17, 15) is 9.59 Å². The maximum Gasteiger partial charge on any atom is 0.317 e. The highest BCUT2D eigenvalue weighted by Gasteiger charge is 2.38. The van der Waals surface area contributed by atoms with Crippen LogP contribution < -0.4 is 0 Å². The van der Waals surface area contributed by atoms with Crippen LogP contribution in [0.4, 0.5) is 0 Å². The SMILES string of the molecule is CC(=O)[C@@H]1C[C@H](c2cccc(Cl)c2)OC1=O. The van der Waals surface area contributed by atoms with Crippen molar-refractivity contribution in [2.24, 2.45) is 5.92 Å². The molecule has 0 unspecified atom stereocenters. The fourth-order valence-electron chi connectivity index (χ4n) is 1.82. The molecule has 3 nitrogen and oxygen atoms in total. The van der Waals surface area contributed by atoms with Gasteiger partial charge >= 0.3 is 5.97 Å². The lowest BCUT2D eigenvalue weighted by Gasteiger charge is -2.08. The molecule has 0 bridgehead atoms. The van der Waals surface area contributed by atoms with Crippen LogP contribution >= 0.6 is 11.6 Å². The van der Waals surface area contributed by atoms with Crippen LogP contribution in [0.15, 0.2) is 24.3 Å². The topological polar surface area (TPSA) is 43.4 Å². The smallest absolute Gasteiger partial charge is 0.317 e. The number of hydrogen-bond acceptors (Lipinski definition) is 3. The molecule has 1 aliphatic rings. The monoisotopic (exact) mass is 238 g/mol. The summed E-state index contributed by atoms with van der Waals surface area (Å²) in [5.41, 5.74) is 0.838. The summed E-state index contributed by atoms with van der Waals surface area (Å²) in [4.78, 5) is 22.6. The largest absolute Gasteiger partial charge is 0.457 e. The normalized spacial score (nSPS) is 24.2. The van der Waals surface area contributed by atoms with Crippen molar-refractivity contribution in [3.63, 3.8) is 0 Å². The van der Waals surface area contributed by atoms with Crippen LogP contribution in [-0.4, -0.2) is 11.8 Å². The van der Waals surface area contributed by atoms with E-state index in [4.69, 9.17) is 16.3 Å². The number of carbonyl (C=O) groups excluding carboxylic acids is 2. The summed E-state index contributed by atoms with van der Waals surface area (Å²) in [5.74, 6) is -1.20. The van der Waals surface area contributed by atoms with E-state index in [0.717, 1.165) is 5.56 Å². The number of hydrogen-bond donors (Lipinski definition) is 0. The number of halogens is 1. The molecule has 1 heterocycles. The molecule has 0 aromatic heterocycles. The van der Waals surface area contributed by atoms with Crippen molar-refractivity contribution < 1.29 is 14.3 Å². The van der Waals surface area contributed by atoms with Gasteiger partial charge in [-0.3, -0.25) is 9.59 Å². The first-order chi connectivity index (χ1) is 7.58. The summed E-state index contributed by atoms with van der Waals surface area (Å²) in [6, 6.07) is 7.14. The van der Waals surface area contributed by atoms with Gasteiger partial charge in [0, 0.05) is 11.4 Å². The third-order valence-corrected chi connectivity index (χ3v) is 2.94. The van der Waals surface area contributed by atoms with E-state index in [2.05, 4.69) is 0 Å². The fourth-order valence-corrected chi connectivity index (χ4v) is 2.02. The summed E-state index contributed by atoms with van der Waals surface area (Å²) < 4.78 is 5.16. The summed E-state index contributed by atoms with van der Waals surface area (Å²) in [5, 5.41) is 0.597. The third kappa shape index (κ3) is 2.09. The van der Waals surface area contributed by atoms with Gasteiger partial charge in [0.15, 0.2) is 0 Å². The molecule has 1 aliphatic heterocycles. The Kier molecular flexibility index (Phi) is 2.97. The second-order valence-electron chi connectivity index (χ2n) is 3.88. The van der Waals surface area contributed by atoms with Crippen molar-refractivity contribution in [2.45, 2.75) is 19.4 Å². The summed E-state index contributed by atoms with van der Waals surface area (Å²) >= 11 is 5.85. The fraction of sp³-hybridized carbons (Fsp3) is 0.333. The summed E-state index contributed by atoms with van der Waals surface area (Å²) in [6.07, 6.45) is 0.0641. The maximum atomic E-state index is 11.4. The highest BCUT2D eigenvalue weighted by atomic mass is 35.5. The predicted octanol–water partition coefficient (Wildman–Crippen LogP) is 2.53. The van der Waals surface area contributed by atoms with E-state index >= 15 is 0 Å². The van der Waals surface area contributed by atoms with E-state index in [-0.39, 0.29) is 11.9 Å². The molecule has 2 rings (SSSR count). The minimum Gasteiger partial charge on any atom is -0.457 e. The lowest BCUT2D eigenvalue weighted by molar-refractivity contribution is -0.146. The zero-order chi connectivity index (χ0) is 11.7. The van der Waals surface area contributed by atoms with Crippen molar-refractivity contribution in [2.75, 3.05) is 0 Å². The Morgan fingerprint density at radius 1 is 1.50 bits per heavy atom. The van der Waals surface area contributed by atoms with Crippen molar-refractivity contribution in [3.05, 3.63) is 34.9 Å². The van der Waals surface area contributed by atoms with Crippen molar-refractivity contribution >= 4 is 23.4 Å². The van der Waals surface area contributed by atoms with Crippen molar-refractivity contribution in [3.8, 4) is 0 Å². The first-order valence-electron chi connectivity index (χ1n) is 5.04. The quantitative estimate of drug-likeness (QED) is 0.587. The number of rotatable bonds is 2. The van der Waals surface area contributed by atoms with E-state index in [1.165, 1.54) is 6.92 Å². The van der Waals surface area contributed by atoms with Gasteiger partial charge in [-0.1, -0.05) is 23.7 Å². The third-order valence-electron chi connectivity index (χ3n) is 2.70. The zero-order valence-electron chi connectivity index (χ0n) is 8.77. The van der Waals surface area contributed by atoms with Crippen LogP contribution in [0.5, 0.6) is 0 Å². The summed E-state index contributed by atoms with van der Waals surface area (Å²) in [6.45, 7) is 1.41. The average Bonchev–Trinajstić information content (AvgIpc) is 2.60. The molecule has 0 N–H and O–H groups in total. The Labute approximate surface area is 98.4 Å². The van der Waals surface area contributed by atoms with Gasteiger partial charge in [-0.15, -0.1) is 0 Å². The van der Waals surface area contributed by atoms with E-state index in [0.29, 0.717) is 11.4 Å². The number of carbonyl (C=O) groups is 2. The highest BCUT2D eigenvalue weighted by Crippen LogP contribution is 2.34. The lowest BCUT2D eigenvalue weighted by Crippen LogP contribution is -2.15. The Morgan fingerprint density at radius 2 is 2.25 bits per heavy atom. The average molecular weight is 239 g/mol. The van der Waals surface area contributed by atoms with Gasteiger partial charge in [0.25, 0.3) is 0 Å². The lowest BCUT2D eigenvalue weighted by atomic mass is 9.97. The van der Waals surface area contributed by atoms with Gasteiger partial charge in [0.05, 0.1) is 0 Å². The van der Waals surface area contributed by atoms with Crippen LogP contribution in [0, 0.1) is 5.92 Å². The first kappa shape index (κ1) is 11.1. The number of ether oxygens (including phenoxy) is 1. The molecule has 1 saturated heterocycles. The molecule has 0 amide bonds. The van der Waals surface area contributed by atoms with Crippen LogP contribution in [0.25, 0.3) is 0 Å². The second-order valence-corrected chi connectivity index (χ2v) is 4.32.